The fraction of sp³-hybridized carbons (Fsp3) is 0.872. The van der Waals surface area contributed by atoms with Crippen LogP contribution >= 0.6 is 0 Å². The summed E-state index contributed by atoms with van der Waals surface area (Å²) >= 11 is 0. The number of hydrogen-bond donors (Lipinski definition) is 2. The Hall–Kier alpha value is -2.14. The molecule has 0 bridgehead atoms. The quantitative estimate of drug-likeness (QED) is 0.174. The number of rotatable bonds is 11. The van der Waals surface area contributed by atoms with Gasteiger partial charge in [-0.1, -0.05) is 37.3 Å². The number of carbonyl (C=O) groups excluding carboxylic acids is 4. The average molecular weight is 791 g/mol. The van der Waals surface area contributed by atoms with Crippen molar-refractivity contribution in [2.75, 3.05) is 39.3 Å². The number of nitrogens with zero attached hydrogens (tertiary/aromatic N) is 3. The van der Waals surface area contributed by atoms with Crippen LogP contribution in [-0.4, -0.2) is 107 Å². The number of piperidine rings is 3. The van der Waals surface area contributed by atoms with E-state index in [4.69, 9.17) is 4.74 Å². The van der Waals surface area contributed by atoms with Crippen molar-refractivity contribution in [2.24, 2.45) is 41.4 Å². The van der Waals surface area contributed by atoms with Gasteiger partial charge in [-0.15, -0.1) is 0 Å². The van der Waals surface area contributed by atoms with E-state index in [9.17, 15) is 24.3 Å². The fourth-order valence-corrected chi connectivity index (χ4v) is 13.5. The molecule has 4 saturated heterocycles. The fourth-order valence-electron chi connectivity index (χ4n) is 13.5. The Kier molecular flexibility index (Phi) is 13.9. The summed E-state index contributed by atoms with van der Waals surface area (Å²) in [4.78, 5) is 57.6. The molecule has 8 aliphatic rings. The Morgan fingerprint density at radius 3 is 2.02 bits per heavy atom. The summed E-state index contributed by atoms with van der Waals surface area (Å²) in [7, 11) is 0. The van der Waals surface area contributed by atoms with Crippen molar-refractivity contribution in [1.29, 1.82) is 0 Å². The van der Waals surface area contributed by atoms with E-state index >= 15 is 0 Å². The third kappa shape index (κ3) is 9.44. The van der Waals surface area contributed by atoms with Crippen molar-refractivity contribution in [2.45, 2.75) is 179 Å². The van der Waals surface area contributed by atoms with Gasteiger partial charge < -0.3 is 19.6 Å². The first-order valence-electron chi connectivity index (χ1n) is 24.0. The highest BCUT2D eigenvalue weighted by Gasteiger charge is 2.54. The number of aliphatic hydroxyl groups excluding tert-OH is 1. The van der Waals surface area contributed by atoms with Gasteiger partial charge in [0, 0.05) is 19.0 Å². The van der Waals surface area contributed by atoms with Crippen LogP contribution in [0.25, 0.3) is 0 Å². The van der Waals surface area contributed by atoms with Gasteiger partial charge in [0.15, 0.2) is 0 Å². The van der Waals surface area contributed by atoms with Crippen LogP contribution in [0.4, 0.5) is 0 Å². The van der Waals surface area contributed by atoms with E-state index in [0.29, 0.717) is 29.9 Å². The number of aliphatic hydroxyl groups is 1. The van der Waals surface area contributed by atoms with E-state index < -0.39 is 11.9 Å². The van der Waals surface area contributed by atoms with Crippen molar-refractivity contribution in [3.8, 4) is 0 Å². The topological polar surface area (TPSA) is 119 Å². The Labute approximate surface area is 342 Å². The monoisotopic (exact) mass is 791 g/mol. The molecule has 0 aromatic carbocycles. The van der Waals surface area contributed by atoms with E-state index in [1.54, 1.807) is 0 Å². The smallest absolute Gasteiger partial charge is 0.249 e. The Morgan fingerprint density at radius 2 is 1.35 bits per heavy atom. The van der Waals surface area contributed by atoms with E-state index in [1.807, 2.05) is 11.1 Å². The number of likely N-dealkylation sites (tertiary alicyclic amines) is 3. The standard InChI is InChI=1S/C47H74N4O6/c1-2-39(32-6-4-3-5-7-32)44(33-8-13-37(52)14-9-33)34-10-15-38(16-11-34)57-29-28-49-24-22-36(23-25-49)50-26-20-31(21-27-50)35-12-17-40-41(30-35)47(56)51(46(40)55)42-18-19-43(53)48-45(42)54/h31-38,40-42,52H,2-30H2,1H3,(H,48,53,54)/b44-39-. The highest BCUT2D eigenvalue weighted by atomic mass is 16.5. The van der Waals surface area contributed by atoms with Crippen LogP contribution < -0.4 is 5.32 Å². The number of fused-ring (bicyclic) bond motifs is 1. The lowest BCUT2D eigenvalue weighted by Crippen LogP contribution is -2.54. The van der Waals surface area contributed by atoms with Gasteiger partial charge in [0.1, 0.15) is 6.04 Å². The van der Waals surface area contributed by atoms with Crippen molar-refractivity contribution in [3.05, 3.63) is 11.1 Å². The maximum atomic E-state index is 13.5. The van der Waals surface area contributed by atoms with E-state index in [2.05, 4.69) is 22.0 Å². The van der Waals surface area contributed by atoms with Crippen molar-refractivity contribution < 1.29 is 29.0 Å². The molecule has 10 nitrogen and oxygen atoms in total. The zero-order valence-electron chi connectivity index (χ0n) is 35.2. The normalized spacial score (nSPS) is 36.6. The third-order valence-electron chi connectivity index (χ3n) is 16.7. The average Bonchev–Trinajstić information content (AvgIpc) is 3.49. The van der Waals surface area contributed by atoms with Crippen LogP contribution in [0.1, 0.15) is 155 Å². The van der Waals surface area contributed by atoms with Crippen molar-refractivity contribution in [3.63, 3.8) is 0 Å². The number of nitrogens with one attached hydrogen (secondary N) is 1. The summed E-state index contributed by atoms with van der Waals surface area (Å²) in [5.74, 6) is 1.48. The van der Waals surface area contributed by atoms with Crippen LogP contribution in [0, 0.1) is 41.4 Å². The zero-order chi connectivity index (χ0) is 39.5. The minimum Gasteiger partial charge on any atom is -0.393 e. The van der Waals surface area contributed by atoms with Gasteiger partial charge >= 0.3 is 0 Å². The molecule has 4 saturated carbocycles. The van der Waals surface area contributed by atoms with Crippen LogP contribution in [0.3, 0.4) is 0 Å². The molecule has 4 aliphatic carbocycles. The molecule has 4 aliphatic heterocycles. The second-order valence-corrected chi connectivity index (χ2v) is 19.8. The highest BCUT2D eigenvalue weighted by molar-refractivity contribution is 6.10. The maximum absolute atomic E-state index is 13.5. The molecule has 0 aromatic rings. The van der Waals surface area contributed by atoms with Gasteiger partial charge in [0.05, 0.1) is 30.7 Å². The number of allylic oxidation sites excluding steroid dienone is 2. The summed E-state index contributed by atoms with van der Waals surface area (Å²) in [6.45, 7) is 8.86. The molecule has 0 aromatic heterocycles. The highest BCUT2D eigenvalue weighted by Crippen LogP contribution is 2.48. The molecule has 8 fully saturated rings. The van der Waals surface area contributed by atoms with Crippen LogP contribution in [0.2, 0.25) is 0 Å². The van der Waals surface area contributed by atoms with Crippen LogP contribution in [0.15, 0.2) is 11.1 Å². The molecular formula is C47H74N4O6. The van der Waals surface area contributed by atoms with Gasteiger partial charge in [0.2, 0.25) is 23.6 Å². The van der Waals surface area contributed by atoms with Gasteiger partial charge in [-0.05, 0) is 178 Å². The summed E-state index contributed by atoms with van der Waals surface area (Å²) in [5, 5.41) is 12.6. The number of hydrogen-bond acceptors (Lipinski definition) is 8. The number of imide groups is 2. The molecule has 8 rings (SSSR count). The van der Waals surface area contributed by atoms with Gasteiger partial charge in [-0.2, -0.15) is 0 Å². The Bertz CT molecular complexity index is 1440. The lowest BCUT2D eigenvalue weighted by atomic mass is 9.68. The van der Waals surface area contributed by atoms with Gasteiger partial charge in [0.25, 0.3) is 0 Å². The molecule has 4 atom stereocenters. The summed E-state index contributed by atoms with van der Waals surface area (Å²) in [6.07, 6.45) is 25.5. The van der Waals surface area contributed by atoms with E-state index in [-0.39, 0.29) is 48.5 Å². The third-order valence-corrected chi connectivity index (χ3v) is 16.7. The minimum absolute atomic E-state index is 0.0856. The second-order valence-electron chi connectivity index (χ2n) is 19.8. The first-order chi connectivity index (χ1) is 27.8. The first-order valence-corrected chi connectivity index (χ1v) is 24.0. The molecule has 57 heavy (non-hydrogen) atoms. The summed E-state index contributed by atoms with van der Waals surface area (Å²) in [6, 6.07) is -0.176. The van der Waals surface area contributed by atoms with E-state index in [1.165, 1.54) is 108 Å². The summed E-state index contributed by atoms with van der Waals surface area (Å²) in [5.41, 5.74) is 3.69. The zero-order valence-corrected chi connectivity index (χ0v) is 35.2. The number of amides is 4. The molecule has 0 spiro atoms. The molecule has 4 amide bonds. The number of ether oxygens (including phenoxy) is 1. The molecular weight excluding hydrogens is 717 g/mol. The SMILES string of the molecule is CC/C(=C(\C1CCC(O)CC1)C1CCC(OCCN2CCC(N3CCC(C4CCC5C(=O)N(C6CCC(=O)NC6=O)C(=O)C5C4)CC3)CC2)CC1)C1CCCCC1. The molecule has 0 radical (unpaired) electrons. The molecule has 10 heteroatoms. The number of carbonyl (C=O) groups is 4. The lowest BCUT2D eigenvalue weighted by molar-refractivity contribution is -0.151. The largest absolute Gasteiger partial charge is 0.393 e. The van der Waals surface area contributed by atoms with Crippen molar-refractivity contribution in [1.82, 2.24) is 20.0 Å². The van der Waals surface area contributed by atoms with Crippen LogP contribution in [-0.2, 0) is 23.9 Å². The molecule has 318 valence electrons. The second kappa shape index (κ2) is 19.1. The summed E-state index contributed by atoms with van der Waals surface area (Å²) < 4.78 is 6.60. The Balaban J connectivity index is 0.739. The predicted octanol–water partition coefficient (Wildman–Crippen LogP) is 6.78. The van der Waals surface area contributed by atoms with Gasteiger partial charge in [-0.25, -0.2) is 0 Å². The maximum Gasteiger partial charge on any atom is 0.249 e. The molecule has 2 N–H and O–H groups in total. The van der Waals surface area contributed by atoms with Crippen molar-refractivity contribution >= 4 is 23.6 Å². The molecule has 4 unspecified atom stereocenters. The molecule has 4 heterocycles. The first kappa shape index (κ1) is 41.6. The minimum atomic E-state index is -0.830. The predicted molar refractivity (Wildman–Crippen MR) is 220 cm³/mol. The van der Waals surface area contributed by atoms with Crippen LogP contribution in [0.5, 0.6) is 0 Å². The lowest BCUT2D eigenvalue weighted by Gasteiger charge is -2.44. The Morgan fingerprint density at radius 1 is 0.684 bits per heavy atom. The van der Waals surface area contributed by atoms with Gasteiger partial charge in [-0.3, -0.25) is 29.4 Å². The van der Waals surface area contributed by atoms with E-state index in [0.717, 1.165) is 83.3 Å².